The van der Waals surface area contributed by atoms with Gasteiger partial charge in [-0.1, -0.05) is 11.3 Å². The summed E-state index contributed by atoms with van der Waals surface area (Å²) in [6.07, 6.45) is -3.01. The number of ether oxygens (including phenoxy) is 1. The van der Waals surface area contributed by atoms with E-state index in [1.54, 1.807) is 13.0 Å². The molecule has 1 aromatic carbocycles. The van der Waals surface area contributed by atoms with Crippen molar-refractivity contribution in [1.82, 2.24) is 4.98 Å². The molecule has 102 valence electrons. The van der Waals surface area contributed by atoms with Gasteiger partial charge in [-0.15, -0.1) is 0 Å². The summed E-state index contributed by atoms with van der Waals surface area (Å²) in [5.41, 5.74) is 5.11. The molecule has 0 unspecified atom stereocenters. The normalized spacial score (nSPS) is 11.6. The minimum absolute atomic E-state index is 0.170. The highest BCUT2D eigenvalue weighted by molar-refractivity contribution is 7.18. The van der Waals surface area contributed by atoms with E-state index in [4.69, 9.17) is 10.5 Å². The Morgan fingerprint density at radius 2 is 2.11 bits per heavy atom. The van der Waals surface area contributed by atoms with Gasteiger partial charge < -0.3 is 10.5 Å². The van der Waals surface area contributed by atoms with Crippen molar-refractivity contribution in [3.63, 3.8) is 0 Å². The third-order valence-electron chi connectivity index (χ3n) is 2.39. The first-order valence-corrected chi connectivity index (χ1v) is 6.29. The summed E-state index contributed by atoms with van der Waals surface area (Å²) in [5.74, 6) is -0.170. The summed E-state index contributed by atoms with van der Waals surface area (Å²) >= 11 is 1.14. The van der Waals surface area contributed by atoms with Crippen LogP contribution >= 0.6 is 11.3 Å². The van der Waals surface area contributed by atoms with E-state index >= 15 is 0 Å². The van der Waals surface area contributed by atoms with Crippen molar-refractivity contribution in [2.24, 2.45) is 0 Å². The maximum absolute atomic E-state index is 13.0. The first-order chi connectivity index (χ1) is 8.91. The molecule has 19 heavy (non-hydrogen) atoms. The Hall–Kier alpha value is -1.76. The maximum Gasteiger partial charge on any atom is 0.419 e. The zero-order chi connectivity index (χ0) is 14.0. The van der Waals surface area contributed by atoms with Crippen LogP contribution in [0.2, 0.25) is 0 Å². The van der Waals surface area contributed by atoms with Crippen LogP contribution < -0.4 is 10.5 Å². The third kappa shape index (κ3) is 2.98. The van der Waals surface area contributed by atoms with Gasteiger partial charge in [0.15, 0.2) is 5.13 Å². The molecule has 2 rings (SSSR count). The molecule has 0 bridgehead atoms. The van der Waals surface area contributed by atoms with Gasteiger partial charge in [0, 0.05) is 6.20 Å². The summed E-state index contributed by atoms with van der Waals surface area (Å²) in [6, 6.07) is 3.93. The average Bonchev–Trinajstić information content (AvgIpc) is 2.75. The molecular weight excluding hydrogens is 277 g/mol. The van der Waals surface area contributed by atoms with Crippen molar-refractivity contribution in [3.05, 3.63) is 30.0 Å². The van der Waals surface area contributed by atoms with Crippen LogP contribution in [-0.4, -0.2) is 11.6 Å². The number of halogens is 3. The number of rotatable bonds is 3. The van der Waals surface area contributed by atoms with Crippen LogP contribution in [0.5, 0.6) is 5.75 Å². The molecule has 2 N–H and O–H groups in total. The molecule has 0 aliphatic carbocycles. The van der Waals surface area contributed by atoms with Gasteiger partial charge in [-0.05, 0) is 30.7 Å². The van der Waals surface area contributed by atoms with Gasteiger partial charge in [0.2, 0.25) is 0 Å². The zero-order valence-electron chi connectivity index (χ0n) is 9.99. The van der Waals surface area contributed by atoms with Gasteiger partial charge in [0.25, 0.3) is 0 Å². The molecule has 2 aromatic rings. The van der Waals surface area contributed by atoms with Gasteiger partial charge in [0.05, 0.1) is 17.0 Å². The van der Waals surface area contributed by atoms with E-state index in [-0.39, 0.29) is 12.4 Å². The lowest BCUT2D eigenvalue weighted by atomic mass is 10.1. The zero-order valence-corrected chi connectivity index (χ0v) is 10.8. The predicted molar refractivity (Wildman–Crippen MR) is 68.1 cm³/mol. The molecule has 0 saturated carbocycles. The van der Waals surface area contributed by atoms with Crippen molar-refractivity contribution in [2.75, 3.05) is 12.3 Å². The third-order valence-corrected chi connectivity index (χ3v) is 3.27. The number of hydrogen-bond donors (Lipinski definition) is 1. The number of thiazole rings is 1. The van der Waals surface area contributed by atoms with E-state index in [1.165, 1.54) is 12.3 Å². The van der Waals surface area contributed by atoms with Gasteiger partial charge in [-0.2, -0.15) is 13.2 Å². The Labute approximate surface area is 111 Å². The van der Waals surface area contributed by atoms with Crippen LogP contribution in [0.25, 0.3) is 10.4 Å². The fraction of sp³-hybridized carbons (Fsp3) is 0.250. The van der Waals surface area contributed by atoms with E-state index in [2.05, 4.69) is 4.98 Å². The first kappa shape index (κ1) is 13.7. The molecule has 0 saturated heterocycles. The molecule has 0 radical (unpaired) electrons. The Kier molecular flexibility index (Phi) is 3.66. The van der Waals surface area contributed by atoms with E-state index in [0.29, 0.717) is 15.6 Å². The van der Waals surface area contributed by atoms with E-state index < -0.39 is 11.7 Å². The highest BCUT2D eigenvalue weighted by Gasteiger charge is 2.34. The SMILES string of the molecule is CCOc1ccc(-c2cnc(N)s2)cc1C(F)(F)F. The van der Waals surface area contributed by atoms with Crippen molar-refractivity contribution >= 4 is 16.5 Å². The summed E-state index contributed by atoms with van der Waals surface area (Å²) in [7, 11) is 0. The first-order valence-electron chi connectivity index (χ1n) is 5.47. The summed E-state index contributed by atoms with van der Waals surface area (Å²) in [5, 5.41) is 0.317. The van der Waals surface area contributed by atoms with Crippen molar-refractivity contribution in [3.8, 4) is 16.2 Å². The van der Waals surface area contributed by atoms with Gasteiger partial charge in [-0.25, -0.2) is 4.98 Å². The van der Waals surface area contributed by atoms with Crippen molar-refractivity contribution in [1.29, 1.82) is 0 Å². The average molecular weight is 288 g/mol. The number of nitrogen functional groups attached to an aromatic ring is 1. The highest BCUT2D eigenvalue weighted by Crippen LogP contribution is 2.39. The summed E-state index contributed by atoms with van der Waals surface area (Å²) < 4.78 is 43.9. The monoisotopic (exact) mass is 288 g/mol. The van der Waals surface area contributed by atoms with E-state index in [0.717, 1.165) is 17.4 Å². The molecule has 3 nitrogen and oxygen atoms in total. The Morgan fingerprint density at radius 3 is 2.63 bits per heavy atom. The second kappa shape index (κ2) is 5.08. The lowest BCUT2D eigenvalue weighted by Crippen LogP contribution is -2.08. The van der Waals surface area contributed by atoms with Gasteiger partial charge >= 0.3 is 6.18 Å². The van der Waals surface area contributed by atoms with Crippen LogP contribution in [-0.2, 0) is 6.18 Å². The van der Waals surface area contributed by atoms with Crippen LogP contribution in [0, 0.1) is 0 Å². The van der Waals surface area contributed by atoms with Crippen LogP contribution in [0.15, 0.2) is 24.4 Å². The largest absolute Gasteiger partial charge is 0.493 e. The molecule has 1 aromatic heterocycles. The molecule has 0 fully saturated rings. The number of nitrogens with zero attached hydrogens (tertiary/aromatic N) is 1. The molecule has 7 heteroatoms. The molecule has 0 aliphatic rings. The molecule has 0 atom stereocenters. The van der Waals surface area contributed by atoms with Crippen molar-refractivity contribution < 1.29 is 17.9 Å². The fourth-order valence-corrected chi connectivity index (χ4v) is 2.29. The van der Waals surface area contributed by atoms with Crippen LogP contribution in [0.3, 0.4) is 0 Å². The molecule has 0 amide bonds. The van der Waals surface area contributed by atoms with Crippen LogP contribution in [0.1, 0.15) is 12.5 Å². The lowest BCUT2D eigenvalue weighted by molar-refractivity contribution is -0.138. The number of hydrogen-bond acceptors (Lipinski definition) is 4. The minimum Gasteiger partial charge on any atom is -0.493 e. The molecule has 0 spiro atoms. The second-order valence-corrected chi connectivity index (χ2v) is 4.77. The van der Waals surface area contributed by atoms with Gasteiger partial charge in [-0.3, -0.25) is 0 Å². The summed E-state index contributed by atoms with van der Waals surface area (Å²) in [4.78, 5) is 4.42. The standard InChI is InChI=1S/C12H11F3N2OS/c1-2-18-9-4-3-7(5-8(9)12(13,14)15)10-6-17-11(16)19-10/h3-6H,2H2,1H3,(H2,16,17). The smallest absolute Gasteiger partial charge is 0.419 e. The van der Waals surface area contributed by atoms with Gasteiger partial charge in [0.1, 0.15) is 5.75 Å². The number of nitrogens with two attached hydrogens (primary N) is 1. The number of alkyl halides is 3. The maximum atomic E-state index is 13.0. The number of benzene rings is 1. The molecular formula is C12H11F3N2OS. The Balaban J connectivity index is 2.49. The minimum atomic E-state index is -4.46. The quantitative estimate of drug-likeness (QED) is 0.934. The Bertz CT molecular complexity index is 581. The fourth-order valence-electron chi connectivity index (χ4n) is 1.61. The predicted octanol–water partition coefficient (Wildman–Crippen LogP) is 3.81. The topological polar surface area (TPSA) is 48.1 Å². The number of aromatic nitrogens is 1. The Morgan fingerprint density at radius 1 is 1.37 bits per heavy atom. The second-order valence-electron chi connectivity index (χ2n) is 3.70. The molecule has 0 aliphatic heterocycles. The van der Waals surface area contributed by atoms with Crippen molar-refractivity contribution in [2.45, 2.75) is 13.1 Å². The number of anilines is 1. The highest BCUT2D eigenvalue weighted by atomic mass is 32.1. The van der Waals surface area contributed by atoms with E-state index in [9.17, 15) is 13.2 Å². The van der Waals surface area contributed by atoms with E-state index in [1.807, 2.05) is 0 Å². The van der Waals surface area contributed by atoms with Crippen LogP contribution in [0.4, 0.5) is 18.3 Å². The molecule has 1 heterocycles. The summed E-state index contributed by atoms with van der Waals surface area (Å²) in [6.45, 7) is 1.81. The lowest BCUT2D eigenvalue weighted by Gasteiger charge is -2.14.